The van der Waals surface area contributed by atoms with E-state index in [9.17, 15) is 9.59 Å². The number of carbonyl (C=O) groups excluding carboxylic acids is 2. The Bertz CT molecular complexity index is 1410. The third kappa shape index (κ3) is 10.7. The monoisotopic (exact) mass is 593 g/mol. The first kappa shape index (κ1) is 32.0. The second kappa shape index (κ2) is 16.1. The normalized spacial score (nSPS) is 12.7. The van der Waals surface area contributed by atoms with Gasteiger partial charge in [0.1, 0.15) is 0 Å². The third-order valence-electron chi connectivity index (χ3n) is 7.28. The molecule has 2 N–H and O–H groups in total. The molecular formula is C37H43N3O2S. The maximum absolute atomic E-state index is 13.5. The molecule has 6 heteroatoms. The lowest BCUT2D eigenvalue weighted by Gasteiger charge is -2.26. The Balaban J connectivity index is 1.43. The van der Waals surface area contributed by atoms with Crippen LogP contribution in [0.3, 0.4) is 0 Å². The number of nitrogens with one attached hydrogen (secondary N) is 2. The predicted octanol–water partition coefficient (Wildman–Crippen LogP) is 6.92. The summed E-state index contributed by atoms with van der Waals surface area (Å²) >= 11 is 1.62. The summed E-state index contributed by atoms with van der Waals surface area (Å²) in [7, 11) is 0. The van der Waals surface area contributed by atoms with Crippen LogP contribution in [0.1, 0.15) is 43.9 Å². The number of rotatable bonds is 14. The van der Waals surface area contributed by atoms with Gasteiger partial charge in [-0.2, -0.15) is 0 Å². The molecule has 43 heavy (non-hydrogen) atoms. The summed E-state index contributed by atoms with van der Waals surface area (Å²) < 4.78 is 0. The van der Waals surface area contributed by atoms with Crippen LogP contribution in [-0.2, 0) is 28.9 Å². The van der Waals surface area contributed by atoms with Crippen molar-refractivity contribution in [3.63, 3.8) is 0 Å². The summed E-state index contributed by atoms with van der Waals surface area (Å²) in [6, 6.07) is 32.9. The van der Waals surface area contributed by atoms with Crippen LogP contribution in [0.25, 0.3) is 11.1 Å². The molecule has 1 aromatic heterocycles. The molecule has 0 radical (unpaired) electrons. The number of aromatic nitrogens is 1. The fourth-order valence-corrected chi connectivity index (χ4v) is 5.96. The van der Waals surface area contributed by atoms with Gasteiger partial charge >= 0.3 is 0 Å². The van der Waals surface area contributed by atoms with Gasteiger partial charge in [0.2, 0.25) is 11.8 Å². The van der Waals surface area contributed by atoms with E-state index in [0.29, 0.717) is 25.1 Å². The van der Waals surface area contributed by atoms with Crippen molar-refractivity contribution in [2.45, 2.75) is 57.7 Å². The molecule has 0 aliphatic rings. The largest absolute Gasteiger partial charge is 0.355 e. The van der Waals surface area contributed by atoms with Gasteiger partial charge in [0.05, 0.1) is 5.25 Å². The zero-order chi connectivity index (χ0) is 30.5. The standard InChI is InChI=1S/C37H43N3O2S/c1-37(2,3)36(42)40-33(24-29-18-20-32(21-19-29)31-16-8-5-9-17-31)27-43-34(25-28-12-6-4-7-13-28)35(41)39-23-11-15-30-14-10-22-38-26-30/h4-10,12-14,16-22,26,33-34H,11,15,23-25,27H2,1-3H3,(H,39,41)(H,40,42)/t33-,34+/m0/s1. The van der Waals surface area contributed by atoms with E-state index in [2.05, 4.69) is 70.2 Å². The topological polar surface area (TPSA) is 71.1 Å². The molecule has 0 saturated heterocycles. The molecule has 0 spiro atoms. The first-order valence-corrected chi connectivity index (χ1v) is 16.1. The number of aryl methyl sites for hydroxylation is 1. The quantitative estimate of drug-likeness (QED) is 0.156. The van der Waals surface area contributed by atoms with Crippen molar-refractivity contribution in [3.05, 3.63) is 126 Å². The maximum Gasteiger partial charge on any atom is 0.233 e. The van der Waals surface area contributed by atoms with E-state index >= 15 is 0 Å². The first-order valence-electron chi connectivity index (χ1n) is 15.1. The van der Waals surface area contributed by atoms with Crippen molar-refractivity contribution in [1.82, 2.24) is 15.6 Å². The molecule has 2 amide bonds. The fourth-order valence-electron chi connectivity index (χ4n) is 4.75. The molecule has 4 rings (SSSR count). The number of hydrogen-bond acceptors (Lipinski definition) is 4. The third-order valence-corrected chi connectivity index (χ3v) is 8.66. The smallest absolute Gasteiger partial charge is 0.233 e. The van der Waals surface area contributed by atoms with Gasteiger partial charge in [-0.3, -0.25) is 14.6 Å². The Hall–Kier alpha value is -3.90. The van der Waals surface area contributed by atoms with Crippen LogP contribution in [0.4, 0.5) is 0 Å². The molecule has 3 aromatic carbocycles. The average Bonchev–Trinajstić information content (AvgIpc) is 3.02. The zero-order valence-corrected chi connectivity index (χ0v) is 26.3. The molecule has 2 atom stereocenters. The van der Waals surface area contributed by atoms with E-state index < -0.39 is 5.41 Å². The molecule has 0 unspecified atom stereocenters. The first-order chi connectivity index (χ1) is 20.8. The summed E-state index contributed by atoms with van der Waals surface area (Å²) in [6.45, 7) is 6.40. The molecule has 0 saturated carbocycles. The highest BCUT2D eigenvalue weighted by atomic mass is 32.2. The Morgan fingerprint density at radius 2 is 1.40 bits per heavy atom. The van der Waals surface area contributed by atoms with Crippen LogP contribution in [0.2, 0.25) is 0 Å². The van der Waals surface area contributed by atoms with E-state index in [-0.39, 0.29) is 23.1 Å². The van der Waals surface area contributed by atoms with E-state index in [4.69, 9.17) is 0 Å². The van der Waals surface area contributed by atoms with E-state index in [1.54, 1.807) is 18.0 Å². The van der Waals surface area contributed by atoms with Gasteiger partial charge in [0, 0.05) is 36.1 Å². The Kier molecular flexibility index (Phi) is 12.0. The number of thioether (sulfide) groups is 1. The van der Waals surface area contributed by atoms with Crippen molar-refractivity contribution < 1.29 is 9.59 Å². The fraction of sp³-hybridized carbons (Fsp3) is 0.324. The molecule has 0 aliphatic heterocycles. The number of pyridine rings is 1. The molecule has 0 fully saturated rings. The van der Waals surface area contributed by atoms with Crippen molar-refractivity contribution in [2.75, 3.05) is 12.3 Å². The van der Waals surface area contributed by atoms with E-state index in [0.717, 1.165) is 29.5 Å². The summed E-state index contributed by atoms with van der Waals surface area (Å²) in [5, 5.41) is 6.18. The van der Waals surface area contributed by atoms with E-state index in [1.165, 1.54) is 11.1 Å². The molecule has 0 aliphatic carbocycles. The van der Waals surface area contributed by atoms with Crippen LogP contribution in [0, 0.1) is 5.41 Å². The van der Waals surface area contributed by atoms with Crippen LogP contribution in [-0.4, -0.2) is 40.4 Å². The lowest BCUT2D eigenvalue weighted by Crippen LogP contribution is -2.45. The number of hydrogen-bond donors (Lipinski definition) is 2. The summed E-state index contributed by atoms with van der Waals surface area (Å²) in [5.74, 6) is 0.676. The van der Waals surface area contributed by atoms with Crippen molar-refractivity contribution in [3.8, 4) is 11.1 Å². The van der Waals surface area contributed by atoms with Gasteiger partial charge in [0.25, 0.3) is 0 Å². The van der Waals surface area contributed by atoms with Crippen molar-refractivity contribution in [2.24, 2.45) is 5.41 Å². The minimum Gasteiger partial charge on any atom is -0.355 e. The Morgan fingerprint density at radius 1 is 0.767 bits per heavy atom. The van der Waals surface area contributed by atoms with Crippen LogP contribution in [0.15, 0.2) is 109 Å². The molecule has 5 nitrogen and oxygen atoms in total. The van der Waals surface area contributed by atoms with Crippen LogP contribution >= 0.6 is 11.8 Å². The highest BCUT2D eigenvalue weighted by molar-refractivity contribution is 8.00. The van der Waals surface area contributed by atoms with Crippen LogP contribution < -0.4 is 10.6 Å². The Morgan fingerprint density at radius 3 is 2.05 bits per heavy atom. The van der Waals surface area contributed by atoms with Gasteiger partial charge in [-0.05, 0) is 59.6 Å². The predicted molar refractivity (Wildman–Crippen MR) is 179 cm³/mol. The van der Waals surface area contributed by atoms with Gasteiger partial charge in [-0.15, -0.1) is 11.8 Å². The number of benzene rings is 3. The number of nitrogens with zero attached hydrogens (tertiary/aromatic N) is 1. The molecule has 1 heterocycles. The lowest BCUT2D eigenvalue weighted by molar-refractivity contribution is -0.129. The molecule has 0 bridgehead atoms. The van der Waals surface area contributed by atoms with E-state index in [1.807, 2.05) is 69.4 Å². The van der Waals surface area contributed by atoms with Gasteiger partial charge in [-0.1, -0.05) is 112 Å². The second-order valence-electron chi connectivity index (χ2n) is 12.0. The number of carbonyl (C=O) groups is 2. The summed E-state index contributed by atoms with van der Waals surface area (Å²) in [4.78, 5) is 30.7. The highest BCUT2D eigenvalue weighted by Gasteiger charge is 2.26. The van der Waals surface area contributed by atoms with Gasteiger partial charge in [-0.25, -0.2) is 0 Å². The average molecular weight is 594 g/mol. The zero-order valence-electron chi connectivity index (χ0n) is 25.5. The molecular weight excluding hydrogens is 550 g/mol. The Labute approximate surface area is 260 Å². The SMILES string of the molecule is CC(C)(C)C(=O)N[C@H](CS[C@H](Cc1ccccc1)C(=O)NCCCc1cccnc1)Cc1ccc(-c2ccccc2)cc1. The van der Waals surface area contributed by atoms with Crippen LogP contribution in [0.5, 0.6) is 0 Å². The minimum absolute atomic E-state index is 0.0125. The minimum atomic E-state index is -0.505. The summed E-state index contributed by atoms with van der Waals surface area (Å²) in [5.41, 5.74) is 5.28. The van der Waals surface area contributed by atoms with Crippen molar-refractivity contribution in [1.29, 1.82) is 0 Å². The number of amides is 2. The second-order valence-corrected chi connectivity index (χ2v) is 13.2. The highest BCUT2D eigenvalue weighted by Crippen LogP contribution is 2.23. The summed E-state index contributed by atoms with van der Waals surface area (Å²) in [6.07, 6.45) is 6.68. The lowest BCUT2D eigenvalue weighted by atomic mass is 9.94. The maximum atomic E-state index is 13.5. The van der Waals surface area contributed by atoms with Gasteiger partial charge < -0.3 is 10.6 Å². The van der Waals surface area contributed by atoms with Gasteiger partial charge in [0.15, 0.2) is 0 Å². The van der Waals surface area contributed by atoms with Crippen molar-refractivity contribution >= 4 is 23.6 Å². The molecule has 224 valence electrons. The molecule has 4 aromatic rings.